The summed E-state index contributed by atoms with van der Waals surface area (Å²) in [4.78, 5) is 13.4. The maximum Gasteiger partial charge on any atom is 0.179 e. The largest absolute Gasteiger partial charge is 0.293 e. The molecule has 1 nitrogen and oxygen atoms in total. The summed E-state index contributed by atoms with van der Waals surface area (Å²) in [6.07, 6.45) is 2.21. The molecule has 0 aliphatic carbocycles. The van der Waals surface area contributed by atoms with Gasteiger partial charge in [0.25, 0.3) is 0 Å². The Morgan fingerprint density at radius 2 is 2.36 bits per heavy atom. The van der Waals surface area contributed by atoms with E-state index in [4.69, 9.17) is 0 Å². The molecule has 0 bridgehead atoms. The molecule has 14 heavy (non-hydrogen) atoms. The molecule has 0 N–H and O–H groups in total. The van der Waals surface area contributed by atoms with Crippen molar-refractivity contribution in [2.75, 3.05) is 5.75 Å². The smallest absolute Gasteiger partial charge is 0.179 e. The van der Waals surface area contributed by atoms with Crippen molar-refractivity contribution < 1.29 is 4.79 Å². The summed E-state index contributed by atoms with van der Waals surface area (Å²) in [6, 6.07) is 2.01. The molecule has 1 fully saturated rings. The summed E-state index contributed by atoms with van der Waals surface area (Å²) in [7, 11) is 0. The van der Waals surface area contributed by atoms with Gasteiger partial charge in [0.2, 0.25) is 0 Å². The lowest BCUT2D eigenvalue weighted by molar-refractivity contribution is 0.0949. The van der Waals surface area contributed by atoms with Gasteiger partial charge in [-0.05, 0) is 38.5 Å². The van der Waals surface area contributed by atoms with Crippen molar-refractivity contribution in [1.29, 1.82) is 0 Å². The van der Waals surface area contributed by atoms with Crippen LogP contribution < -0.4 is 0 Å². The van der Waals surface area contributed by atoms with Crippen molar-refractivity contribution in [3.63, 3.8) is 0 Å². The molecule has 0 radical (unpaired) electrons. The molecular weight excluding hydrogens is 212 g/mol. The molecule has 0 saturated carbocycles. The highest BCUT2D eigenvalue weighted by atomic mass is 32.2. The monoisotopic (exact) mass is 226 g/mol. The Labute approximate surface area is 92.9 Å². The maximum atomic E-state index is 12.2. The molecule has 1 unspecified atom stereocenters. The van der Waals surface area contributed by atoms with Crippen LogP contribution in [0, 0.1) is 6.92 Å². The Hall–Kier alpha value is -0.280. The molecule has 0 amide bonds. The van der Waals surface area contributed by atoms with E-state index in [1.54, 1.807) is 11.3 Å². The summed E-state index contributed by atoms with van der Waals surface area (Å²) in [5.74, 6) is 1.45. The van der Waals surface area contributed by atoms with E-state index >= 15 is 0 Å². The number of carbonyl (C=O) groups excluding carboxylic acids is 1. The number of aryl methyl sites for hydroxylation is 1. The van der Waals surface area contributed by atoms with Crippen LogP contribution in [0.1, 0.15) is 35.0 Å². The van der Waals surface area contributed by atoms with Crippen LogP contribution in [0.2, 0.25) is 0 Å². The molecule has 76 valence electrons. The van der Waals surface area contributed by atoms with Crippen molar-refractivity contribution in [3.05, 3.63) is 21.9 Å². The molecule has 1 saturated heterocycles. The number of thiophene rings is 1. The fourth-order valence-electron chi connectivity index (χ4n) is 1.83. The van der Waals surface area contributed by atoms with Gasteiger partial charge < -0.3 is 0 Å². The zero-order chi connectivity index (χ0) is 10.2. The number of thioether (sulfide) groups is 1. The van der Waals surface area contributed by atoms with Gasteiger partial charge in [0, 0.05) is 15.8 Å². The molecular formula is C11H14OS2. The number of hydrogen-bond acceptors (Lipinski definition) is 3. The summed E-state index contributed by atoms with van der Waals surface area (Å²) < 4.78 is -0.145. The Morgan fingerprint density at radius 3 is 2.86 bits per heavy atom. The standard InChI is InChI=1S/C11H14OS2/c1-8-6-9(7-13-8)10(12)11(2)4-3-5-14-11/h6-7H,3-5H2,1-2H3. The summed E-state index contributed by atoms with van der Waals surface area (Å²) in [5, 5.41) is 1.99. The second-order valence-corrected chi connectivity index (χ2v) is 6.67. The van der Waals surface area contributed by atoms with Crippen molar-refractivity contribution in [2.45, 2.75) is 31.4 Å². The summed E-state index contributed by atoms with van der Waals surface area (Å²) in [5.41, 5.74) is 0.907. The van der Waals surface area contributed by atoms with Gasteiger partial charge >= 0.3 is 0 Å². The van der Waals surface area contributed by atoms with Crippen LogP contribution in [0.3, 0.4) is 0 Å². The van der Waals surface area contributed by atoms with Gasteiger partial charge in [-0.15, -0.1) is 23.1 Å². The van der Waals surface area contributed by atoms with Gasteiger partial charge in [-0.2, -0.15) is 0 Å². The van der Waals surface area contributed by atoms with Crippen molar-refractivity contribution in [1.82, 2.24) is 0 Å². The molecule has 2 heterocycles. The van der Waals surface area contributed by atoms with Crippen LogP contribution in [0.25, 0.3) is 0 Å². The number of rotatable bonds is 2. The molecule has 3 heteroatoms. The highest BCUT2D eigenvalue weighted by Gasteiger charge is 2.37. The zero-order valence-corrected chi connectivity index (χ0v) is 10.1. The van der Waals surface area contributed by atoms with E-state index in [0.29, 0.717) is 5.78 Å². The lowest BCUT2D eigenvalue weighted by atomic mass is 9.96. The molecule has 1 atom stereocenters. The lowest BCUT2D eigenvalue weighted by Crippen LogP contribution is -2.28. The van der Waals surface area contributed by atoms with Crippen LogP contribution in [-0.4, -0.2) is 16.3 Å². The minimum atomic E-state index is -0.145. The van der Waals surface area contributed by atoms with E-state index in [9.17, 15) is 4.79 Å². The average molecular weight is 226 g/mol. The second-order valence-electron chi connectivity index (χ2n) is 3.96. The minimum absolute atomic E-state index is 0.145. The van der Waals surface area contributed by atoms with Crippen LogP contribution in [0.4, 0.5) is 0 Å². The third-order valence-corrected chi connectivity index (χ3v) is 5.07. The van der Waals surface area contributed by atoms with Gasteiger partial charge in [-0.3, -0.25) is 4.79 Å². The fraction of sp³-hybridized carbons (Fsp3) is 0.545. The Kier molecular flexibility index (Phi) is 2.71. The first kappa shape index (κ1) is 10.2. The van der Waals surface area contributed by atoms with Crippen LogP contribution in [0.5, 0.6) is 0 Å². The first-order valence-electron chi connectivity index (χ1n) is 4.86. The molecule has 1 aliphatic heterocycles. The third kappa shape index (κ3) is 1.75. The van der Waals surface area contributed by atoms with Gasteiger partial charge in [-0.1, -0.05) is 0 Å². The Balaban J connectivity index is 2.23. The molecule has 1 aromatic heterocycles. The number of Topliss-reactive ketones (excluding diaryl/α,β-unsaturated/α-hetero) is 1. The lowest BCUT2D eigenvalue weighted by Gasteiger charge is -2.19. The predicted octanol–water partition coefficient (Wildman–Crippen LogP) is 3.52. The van der Waals surface area contributed by atoms with Crippen LogP contribution >= 0.6 is 23.1 Å². The van der Waals surface area contributed by atoms with Crippen molar-refractivity contribution in [3.8, 4) is 0 Å². The van der Waals surface area contributed by atoms with Crippen molar-refractivity contribution >= 4 is 28.9 Å². The van der Waals surface area contributed by atoms with Gasteiger partial charge in [0.05, 0.1) is 4.75 Å². The Bertz CT molecular complexity index is 348. The van der Waals surface area contributed by atoms with Gasteiger partial charge in [0.1, 0.15) is 0 Å². The zero-order valence-electron chi connectivity index (χ0n) is 8.50. The highest BCUT2D eigenvalue weighted by Crippen LogP contribution is 2.40. The molecule has 0 aromatic carbocycles. The normalized spacial score (nSPS) is 26.7. The predicted molar refractivity (Wildman–Crippen MR) is 63.5 cm³/mol. The van der Waals surface area contributed by atoms with E-state index in [0.717, 1.165) is 17.7 Å². The van der Waals surface area contributed by atoms with Crippen LogP contribution in [-0.2, 0) is 0 Å². The number of carbonyl (C=O) groups is 1. The molecule has 2 rings (SSSR count). The highest BCUT2D eigenvalue weighted by molar-refractivity contribution is 8.01. The maximum absolute atomic E-state index is 12.2. The van der Waals surface area contributed by atoms with E-state index in [1.807, 2.05) is 30.1 Å². The number of hydrogen-bond donors (Lipinski definition) is 0. The third-order valence-electron chi connectivity index (χ3n) is 2.69. The summed E-state index contributed by atoms with van der Waals surface area (Å²) in [6.45, 7) is 4.13. The quantitative estimate of drug-likeness (QED) is 0.718. The Morgan fingerprint density at radius 1 is 1.57 bits per heavy atom. The molecule has 1 aliphatic rings. The number of ketones is 1. The van der Waals surface area contributed by atoms with E-state index in [2.05, 4.69) is 6.92 Å². The first-order chi connectivity index (χ1) is 6.62. The van der Waals surface area contributed by atoms with E-state index < -0.39 is 0 Å². The summed E-state index contributed by atoms with van der Waals surface area (Å²) >= 11 is 3.47. The fourth-order valence-corrected chi connectivity index (χ4v) is 3.79. The van der Waals surface area contributed by atoms with E-state index in [-0.39, 0.29) is 4.75 Å². The SMILES string of the molecule is Cc1cc(C(=O)C2(C)CCCS2)cs1. The second kappa shape index (κ2) is 3.70. The average Bonchev–Trinajstić information content (AvgIpc) is 2.74. The van der Waals surface area contributed by atoms with Gasteiger partial charge in [-0.25, -0.2) is 0 Å². The van der Waals surface area contributed by atoms with Gasteiger partial charge in [0.15, 0.2) is 5.78 Å². The van der Waals surface area contributed by atoms with E-state index in [1.165, 1.54) is 11.3 Å². The first-order valence-corrected chi connectivity index (χ1v) is 6.72. The minimum Gasteiger partial charge on any atom is -0.293 e. The molecule has 1 aromatic rings. The topological polar surface area (TPSA) is 17.1 Å². The molecule has 0 spiro atoms. The van der Waals surface area contributed by atoms with Crippen molar-refractivity contribution in [2.24, 2.45) is 0 Å². The van der Waals surface area contributed by atoms with Crippen LogP contribution in [0.15, 0.2) is 11.4 Å².